The van der Waals surface area contributed by atoms with Crippen molar-refractivity contribution in [3.63, 3.8) is 0 Å². The third-order valence-electron chi connectivity index (χ3n) is 3.28. The Bertz CT molecular complexity index is 558. The fourth-order valence-electron chi connectivity index (χ4n) is 2.21. The van der Waals surface area contributed by atoms with E-state index in [2.05, 4.69) is 33.8 Å². The first-order chi connectivity index (χ1) is 9.67. The number of hydrogen-bond donors (Lipinski definition) is 1. The summed E-state index contributed by atoms with van der Waals surface area (Å²) in [6.45, 7) is 9.47. The zero-order valence-corrected chi connectivity index (χ0v) is 13.1. The molecule has 0 radical (unpaired) electrons. The molecule has 0 aliphatic carbocycles. The Balaban J connectivity index is 2.16. The molecule has 2 rings (SSSR count). The molecule has 0 amide bonds. The Morgan fingerprint density at radius 2 is 2.15 bits per heavy atom. The van der Waals surface area contributed by atoms with Crippen molar-refractivity contribution >= 4 is 11.6 Å². The van der Waals surface area contributed by atoms with Crippen molar-refractivity contribution in [3.05, 3.63) is 34.6 Å². The molecular formula is C14H22ClN5. The molecule has 2 aromatic rings. The molecule has 0 saturated carbocycles. The van der Waals surface area contributed by atoms with Crippen LogP contribution in [0.2, 0.25) is 5.02 Å². The molecule has 20 heavy (non-hydrogen) atoms. The van der Waals surface area contributed by atoms with E-state index in [9.17, 15) is 0 Å². The number of rotatable bonds is 7. The van der Waals surface area contributed by atoms with Gasteiger partial charge in [-0.3, -0.25) is 4.68 Å². The second kappa shape index (κ2) is 6.90. The summed E-state index contributed by atoms with van der Waals surface area (Å²) in [6, 6.07) is 0. The van der Waals surface area contributed by atoms with E-state index in [0.29, 0.717) is 6.54 Å². The number of aromatic nitrogens is 4. The maximum Gasteiger partial charge on any atom is 0.123 e. The lowest BCUT2D eigenvalue weighted by Crippen LogP contribution is -2.18. The van der Waals surface area contributed by atoms with Crippen LogP contribution in [0.25, 0.3) is 0 Å². The van der Waals surface area contributed by atoms with Gasteiger partial charge in [0.25, 0.3) is 0 Å². The molecule has 0 aromatic carbocycles. The van der Waals surface area contributed by atoms with Crippen LogP contribution in [-0.2, 0) is 19.6 Å². The van der Waals surface area contributed by atoms with Gasteiger partial charge in [0.15, 0.2) is 0 Å². The first kappa shape index (κ1) is 15.1. The van der Waals surface area contributed by atoms with Crippen LogP contribution in [0.4, 0.5) is 0 Å². The zero-order chi connectivity index (χ0) is 14.5. The lowest BCUT2D eigenvalue weighted by atomic mass is 10.3. The first-order valence-electron chi connectivity index (χ1n) is 7.09. The molecule has 110 valence electrons. The molecule has 0 atom stereocenters. The molecule has 2 heterocycles. The average molecular weight is 296 g/mol. The highest BCUT2D eigenvalue weighted by Crippen LogP contribution is 2.21. The number of halogens is 1. The van der Waals surface area contributed by atoms with Crippen molar-refractivity contribution < 1.29 is 0 Å². The van der Waals surface area contributed by atoms with E-state index >= 15 is 0 Å². The summed E-state index contributed by atoms with van der Waals surface area (Å²) in [5, 5.41) is 8.58. The molecule has 0 unspecified atom stereocenters. The smallest absolute Gasteiger partial charge is 0.123 e. The Labute approximate surface area is 125 Å². The van der Waals surface area contributed by atoms with Gasteiger partial charge in [0.05, 0.1) is 29.5 Å². The number of aryl methyl sites for hydroxylation is 2. The predicted molar refractivity (Wildman–Crippen MR) is 81.0 cm³/mol. The Kier molecular flexibility index (Phi) is 5.20. The number of hydrogen-bond acceptors (Lipinski definition) is 3. The predicted octanol–water partition coefficient (Wildman–Crippen LogP) is 2.61. The van der Waals surface area contributed by atoms with Gasteiger partial charge in [0, 0.05) is 18.9 Å². The van der Waals surface area contributed by atoms with Gasteiger partial charge in [0.1, 0.15) is 5.82 Å². The second-order valence-corrected chi connectivity index (χ2v) is 5.19. The molecule has 0 aliphatic heterocycles. The van der Waals surface area contributed by atoms with Crippen molar-refractivity contribution in [2.75, 3.05) is 6.54 Å². The van der Waals surface area contributed by atoms with Gasteiger partial charge in [-0.05, 0) is 26.8 Å². The van der Waals surface area contributed by atoms with Crippen LogP contribution in [-0.4, -0.2) is 25.9 Å². The van der Waals surface area contributed by atoms with Gasteiger partial charge in [-0.25, -0.2) is 4.98 Å². The van der Waals surface area contributed by atoms with Crippen molar-refractivity contribution in [2.24, 2.45) is 0 Å². The molecule has 1 N–H and O–H groups in total. The van der Waals surface area contributed by atoms with E-state index in [1.165, 1.54) is 0 Å². The van der Waals surface area contributed by atoms with Crippen molar-refractivity contribution in [3.8, 4) is 0 Å². The number of nitrogens with zero attached hydrogens (tertiary/aromatic N) is 4. The summed E-state index contributed by atoms with van der Waals surface area (Å²) >= 11 is 6.36. The molecule has 0 aliphatic rings. The molecule has 0 spiro atoms. The fraction of sp³-hybridized carbons (Fsp3) is 0.571. The van der Waals surface area contributed by atoms with Gasteiger partial charge in [0.2, 0.25) is 0 Å². The van der Waals surface area contributed by atoms with Crippen LogP contribution in [0.5, 0.6) is 0 Å². The minimum atomic E-state index is 0.705. The van der Waals surface area contributed by atoms with Crippen LogP contribution in [0, 0.1) is 6.92 Å². The monoisotopic (exact) mass is 295 g/mol. The third-order valence-corrected chi connectivity index (χ3v) is 3.78. The SMILES string of the molecule is CCCNCc1nccn1Cc1c(Cl)c(C)nn1CC. The summed E-state index contributed by atoms with van der Waals surface area (Å²) in [5.74, 6) is 1.02. The third kappa shape index (κ3) is 3.22. The molecule has 2 aromatic heterocycles. The zero-order valence-electron chi connectivity index (χ0n) is 12.4. The van der Waals surface area contributed by atoms with E-state index in [1.807, 2.05) is 24.0 Å². The largest absolute Gasteiger partial charge is 0.328 e. The molecular weight excluding hydrogens is 274 g/mol. The van der Waals surface area contributed by atoms with Crippen LogP contribution in [0.15, 0.2) is 12.4 Å². The van der Waals surface area contributed by atoms with Crippen LogP contribution < -0.4 is 5.32 Å². The Morgan fingerprint density at radius 1 is 1.35 bits per heavy atom. The van der Waals surface area contributed by atoms with Crippen molar-refractivity contribution in [1.29, 1.82) is 0 Å². The molecule has 0 bridgehead atoms. The Hall–Kier alpha value is -1.33. The summed E-state index contributed by atoms with van der Waals surface area (Å²) in [4.78, 5) is 4.40. The lowest BCUT2D eigenvalue weighted by molar-refractivity contribution is 0.572. The van der Waals surface area contributed by atoms with Crippen molar-refractivity contribution in [1.82, 2.24) is 24.6 Å². The van der Waals surface area contributed by atoms with Gasteiger partial charge in [-0.1, -0.05) is 18.5 Å². The van der Waals surface area contributed by atoms with Gasteiger partial charge in [-0.2, -0.15) is 5.10 Å². The highest BCUT2D eigenvalue weighted by molar-refractivity contribution is 6.31. The quantitative estimate of drug-likeness (QED) is 0.799. The summed E-state index contributed by atoms with van der Waals surface area (Å²) in [5.41, 5.74) is 1.93. The maximum atomic E-state index is 6.36. The van der Waals surface area contributed by atoms with E-state index in [1.54, 1.807) is 0 Å². The summed E-state index contributed by atoms with van der Waals surface area (Å²) in [6.07, 6.45) is 4.94. The topological polar surface area (TPSA) is 47.7 Å². The van der Waals surface area contributed by atoms with Crippen LogP contribution >= 0.6 is 11.6 Å². The average Bonchev–Trinajstić information content (AvgIpc) is 2.99. The first-order valence-corrected chi connectivity index (χ1v) is 7.47. The van der Waals surface area contributed by atoms with Gasteiger partial charge < -0.3 is 9.88 Å². The lowest BCUT2D eigenvalue weighted by Gasteiger charge is -2.10. The van der Waals surface area contributed by atoms with Gasteiger partial charge in [-0.15, -0.1) is 0 Å². The van der Waals surface area contributed by atoms with Crippen molar-refractivity contribution in [2.45, 2.75) is 46.8 Å². The molecule has 0 fully saturated rings. The number of imidazole rings is 1. The van der Waals surface area contributed by atoms with E-state index in [4.69, 9.17) is 11.6 Å². The van der Waals surface area contributed by atoms with Crippen LogP contribution in [0.1, 0.15) is 37.5 Å². The molecule has 6 heteroatoms. The molecule has 5 nitrogen and oxygen atoms in total. The highest BCUT2D eigenvalue weighted by atomic mass is 35.5. The summed E-state index contributed by atoms with van der Waals surface area (Å²) in [7, 11) is 0. The summed E-state index contributed by atoms with van der Waals surface area (Å²) < 4.78 is 4.08. The molecule has 0 saturated heterocycles. The van der Waals surface area contributed by atoms with E-state index in [0.717, 1.165) is 48.3 Å². The van der Waals surface area contributed by atoms with E-state index < -0.39 is 0 Å². The number of nitrogens with one attached hydrogen (secondary N) is 1. The standard InChI is InChI=1S/C14H22ClN5/c1-4-6-16-9-13-17-7-8-19(13)10-12-14(15)11(3)18-20(12)5-2/h7-8,16H,4-6,9-10H2,1-3H3. The fourth-order valence-corrected chi connectivity index (χ4v) is 2.40. The Morgan fingerprint density at radius 3 is 2.85 bits per heavy atom. The highest BCUT2D eigenvalue weighted by Gasteiger charge is 2.14. The van der Waals surface area contributed by atoms with E-state index in [-0.39, 0.29) is 0 Å². The van der Waals surface area contributed by atoms with Crippen LogP contribution in [0.3, 0.4) is 0 Å². The minimum absolute atomic E-state index is 0.705. The second-order valence-electron chi connectivity index (χ2n) is 4.81. The van der Waals surface area contributed by atoms with Gasteiger partial charge >= 0.3 is 0 Å². The maximum absolute atomic E-state index is 6.36. The normalized spacial score (nSPS) is 11.2. The minimum Gasteiger partial charge on any atom is -0.328 e.